The number of carbonyl (C=O) groups excluding carboxylic acids is 2. The van der Waals surface area contributed by atoms with Crippen molar-refractivity contribution in [2.24, 2.45) is 16.6 Å². The van der Waals surface area contributed by atoms with E-state index in [1.807, 2.05) is 4.90 Å². The van der Waals surface area contributed by atoms with E-state index in [2.05, 4.69) is 26.7 Å². The Balaban J connectivity index is 0.00000280. The maximum Gasteiger partial charge on any atom is 0.224 e. The second kappa shape index (κ2) is 11.0. The van der Waals surface area contributed by atoms with Gasteiger partial charge in [0.1, 0.15) is 0 Å². The molecule has 7 nitrogen and oxygen atoms in total. The molecule has 3 N–H and O–H groups in total. The molecule has 1 aromatic rings. The van der Waals surface area contributed by atoms with Crippen LogP contribution in [-0.4, -0.2) is 60.8 Å². The summed E-state index contributed by atoms with van der Waals surface area (Å²) in [7, 11) is 1.75. The first-order chi connectivity index (χ1) is 13.1. The quantitative estimate of drug-likeness (QED) is 0.353. The Morgan fingerprint density at radius 2 is 2.18 bits per heavy atom. The minimum atomic E-state index is -0.245. The highest BCUT2D eigenvalue weighted by molar-refractivity contribution is 14.0. The number of nitrogens with one attached hydrogen (secondary N) is 1. The SMILES string of the molecule is CN=C(NCCC(=O)N1CCc2sccc2C1)N1CCCC(CC(N)=O)C1.I. The van der Waals surface area contributed by atoms with Crippen LogP contribution in [0.2, 0.25) is 0 Å². The van der Waals surface area contributed by atoms with Crippen LogP contribution in [0, 0.1) is 5.92 Å². The van der Waals surface area contributed by atoms with Crippen LogP contribution in [0.3, 0.4) is 0 Å². The predicted octanol–water partition coefficient (Wildman–Crippen LogP) is 1.80. The van der Waals surface area contributed by atoms with Gasteiger partial charge in [0.25, 0.3) is 0 Å². The van der Waals surface area contributed by atoms with Gasteiger partial charge in [-0.25, -0.2) is 0 Å². The van der Waals surface area contributed by atoms with E-state index in [0.29, 0.717) is 19.4 Å². The molecule has 3 rings (SSSR count). The van der Waals surface area contributed by atoms with E-state index in [1.54, 1.807) is 18.4 Å². The van der Waals surface area contributed by atoms with Gasteiger partial charge in [-0.15, -0.1) is 35.3 Å². The Morgan fingerprint density at radius 3 is 2.93 bits per heavy atom. The molecule has 2 aliphatic rings. The molecular formula is C19H30IN5O2S. The molecule has 0 spiro atoms. The molecule has 0 bridgehead atoms. The summed E-state index contributed by atoms with van der Waals surface area (Å²) in [4.78, 5) is 33.6. The zero-order valence-corrected chi connectivity index (χ0v) is 19.5. The van der Waals surface area contributed by atoms with E-state index in [0.717, 1.165) is 51.4 Å². The van der Waals surface area contributed by atoms with Crippen LogP contribution < -0.4 is 11.1 Å². The number of guanidine groups is 1. The Labute approximate surface area is 187 Å². The summed E-state index contributed by atoms with van der Waals surface area (Å²) in [6, 6.07) is 2.12. The molecule has 0 saturated carbocycles. The van der Waals surface area contributed by atoms with Crippen LogP contribution in [0.5, 0.6) is 0 Å². The van der Waals surface area contributed by atoms with Gasteiger partial charge < -0.3 is 20.9 Å². The molecule has 1 aromatic heterocycles. The zero-order chi connectivity index (χ0) is 19.2. The molecule has 1 atom stereocenters. The van der Waals surface area contributed by atoms with Gasteiger partial charge in [0.05, 0.1) is 0 Å². The molecule has 28 heavy (non-hydrogen) atoms. The second-order valence-electron chi connectivity index (χ2n) is 7.28. The van der Waals surface area contributed by atoms with Gasteiger partial charge in [-0.05, 0) is 42.2 Å². The summed E-state index contributed by atoms with van der Waals surface area (Å²) in [5.74, 6) is 1.02. The van der Waals surface area contributed by atoms with Crippen LogP contribution in [0.4, 0.5) is 0 Å². The minimum Gasteiger partial charge on any atom is -0.370 e. The highest BCUT2D eigenvalue weighted by atomic mass is 127. The fraction of sp³-hybridized carbons (Fsp3) is 0.632. The summed E-state index contributed by atoms with van der Waals surface area (Å²) in [5.41, 5.74) is 6.63. The summed E-state index contributed by atoms with van der Waals surface area (Å²) in [5, 5.41) is 5.42. The molecule has 1 unspecified atom stereocenters. The van der Waals surface area contributed by atoms with Crippen LogP contribution >= 0.6 is 35.3 Å². The van der Waals surface area contributed by atoms with Crippen LogP contribution in [0.15, 0.2) is 16.4 Å². The summed E-state index contributed by atoms with van der Waals surface area (Å²) in [6.45, 7) is 3.80. The summed E-state index contributed by atoms with van der Waals surface area (Å²) < 4.78 is 0. The van der Waals surface area contributed by atoms with Crippen LogP contribution in [-0.2, 0) is 22.6 Å². The number of aliphatic imine (C=N–C) groups is 1. The second-order valence-corrected chi connectivity index (χ2v) is 8.28. The Morgan fingerprint density at radius 1 is 1.36 bits per heavy atom. The number of thiophene rings is 1. The Kier molecular flexibility index (Phi) is 9.00. The topological polar surface area (TPSA) is 91.0 Å². The molecule has 1 fully saturated rings. The number of amides is 2. The molecule has 9 heteroatoms. The molecule has 3 heterocycles. The lowest BCUT2D eigenvalue weighted by Gasteiger charge is -2.34. The molecule has 2 amide bonds. The number of carbonyl (C=O) groups is 2. The van der Waals surface area contributed by atoms with Gasteiger partial charge in [-0.2, -0.15) is 0 Å². The maximum atomic E-state index is 12.5. The average Bonchev–Trinajstić information content (AvgIpc) is 3.12. The third-order valence-corrected chi connectivity index (χ3v) is 6.33. The number of hydrogen-bond donors (Lipinski definition) is 2. The van der Waals surface area contributed by atoms with Gasteiger partial charge in [0.15, 0.2) is 5.96 Å². The van der Waals surface area contributed by atoms with Crippen molar-refractivity contribution in [3.63, 3.8) is 0 Å². The lowest BCUT2D eigenvalue weighted by atomic mass is 9.95. The fourth-order valence-corrected chi connectivity index (χ4v) is 4.83. The Bertz CT molecular complexity index is 708. The van der Waals surface area contributed by atoms with Crippen molar-refractivity contribution in [3.8, 4) is 0 Å². The normalized spacial score (nSPS) is 19.6. The van der Waals surface area contributed by atoms with Crippen molar-refractivity contribution in [2.45, 2.75) is 38.6 Å². The monoisotopic (exact) mass is 519 g/mol. The van der Waals surface area contributed by atoms with Gasteiger partial charge in [-0.1, -0.05) is 0 Å². The standard InChI is InChI=1S/C19H29N5O2S.HI/c1-21-19(24-8-2-3-14(12-24)11-17(20)25)22-7-4-18(26)23-9-5-16-15(13-23)6-10-27-16;/h6,10,14H,2-5,7-9,11-13H2,1H3,(H2,20,25)(H,21,22);1H. The number of nitrogens with two attached hydrogens (primary N) is 1. The highest BCUT2D eigenvalue weighted by Crippen LogP contribution is 2.24. The van der Waals surface area contributed by atoms with Crippen molar-refractivity contribution in [1.82, 2.24) is 15.1 Å². The first-order valence-corrected chi connectivity index (χ1v) is 10.5. The number of rotatable bonds is 5. The molecule has 156 valence electrons. The van der Waals surface area contributed by atoms with Crippen molar-refractivity contribution < 1.29 is 9.59 Å². The van der Waals surface area contributed by atoms with Gasteiger partial charge in [0.2, 0.25) is 11.8 Å². The zero-order valence-electron chi connectivity index (χ0n) is 16.4. The van der Waals surface area contributed by atoms with Crippen molar-refractivity contribution >= 4 is 53.1 Å². The van der Waals surface area contributed by atoms with E-state index in [9.17, 15) is 9.59 Å². The third-order valence-electron chi connectivity index (χ3n) is 5.30. The number of piperidine rings is 1. The number of likely N-dealkylation sites (tertiary alicyclic amines) is 1. The highest BCUT2D eigenvalue weighted by Gasteiger charge is 2.24. The van der Waals surface area contributed by atoms with E-state index in [4.69, 9.17) is 5.73 Å². The predicted molar refractivity (Wildman–Crippen MR) is 123 cm³/mol. The number of primary amides is 1. The van der Waals surface area contributed by atoms with Crippen molar-refractivity contribution in [2.75, 3.05) is 33.2 Å². The number of nitrogens with zero attached hydrogens (tertiary/aromatic N) is 3. The molecule has 0 aromatic carbocycles. The van der Waals surface area contributed by atoms with Gasteiger partial charge >= 0.3 is 0 Å². The average molecular weight is 519 g/mol. The number of fused-ring (bicyclic) bond motifs is 1. The molecular weight excluding hydrogens is 489 g/mol. The summed E-state index contributed by atoms with van der Waals surface area (Å²) in [6.07, 6.45) is 3.88. The molecule has 2 aliphatic heterocycles. The fourth-order valence-electron chi connectivity index (χ4n) is 3.94. The lowest BCUT2D eigenvalue weighted by Crippen LogP contribution is -2.48. The van der Waals surface area contributed by atoms with E-state index < -0.39 is 0 Å². The smallest absolute Gasteiger partial charge is 0.224 e. The lowest BCUT2D eigenvalue weighted by molar-refractivity contribution is -0.132. The van der Waals surface area contributed by atoms with Crippen molar-refractivity contribution in [1.29, 1.82) is 0 Å². The molecule has 1 saturated heterocycles. The number of halogens is 1. The third kappa shape index (κ3) is 6.07. The first kappa shape index (κ1) is 22.9. The van der Waals surface area contributed by atoms with Gasteiger partial charge in [0, 0.05) is 57.5 Å². The summed E-state index contributed by atoms with van der Waals surface area (Å²) >= 11 is 1.78. The van der Waals surface area contributed by atoms with Gasteiger partial charge in [-0.3, -0.25) is 14.6 Å². The van der Waals surface area contributed by atoms with Crippen LogP contribution in [0.25, 0.3) is 0 Å². The first-order valence-electron chi connectivity index (χ1n) is 9.63. The van der Waals surface area contributed by atoms with E-state index in [1.165, 1.54) is 10.4 Å². The largest absolute Gasteiger partial charge is 0.370 e. The van der Waals surface area contributed by atoms with Crippen LogP contribution in [0.1, 0.15) is 36.1 Å². The van der Waals surface area contributed by atoms with Crippen molar-refractivity contribution in [3.05, 3.63) is 21.9 Å². The maximum absolute atomic E-state index is 12.5. The minimum absolute atomic E-state index is 0. The molecule has 0 radical (unpaired) electrons. The number of hydrogen-bond acceptors (Lipinski definition) is 4. The molecule has 0 aliphatic carbocycles. The van der Waals surface area contributed by atoms with E-state index in [-0.39, 0.29) is 41.7 Å². The Hall–Kier alpha value is -1.36. The van der Waals surface area contributed by atoms with E-state index >= 15 is 0 Å².